The Kier molecular flexibility index (Phi) is 4.58. The molecule has 0 spiro atoms. The number of aliphatic hydroxyl groups excluding tert-OH is 1. The molecule has 0 bridgehead atoms. The summed E-state index contributed by atoms with van der Waals surface area (Å²) in [4.78, 5) is 4.08. The highest BCUT2D eigenvalue weighted by molar-refractivity contribution is 5.50. The molecule has 2 rings (SSSR count). The molecule has 0 aliphatic carbocycles. The summed E-state index contributed by atoms with van der Waals surface area (Å²) in [5, 5.41) is 12.8. The summed E-state index contributed by atoms with van der Waals surface area (Å²) in [6, 6.07) is 5.32. The van der Waals surface area contributed by atoms with Gasteiger partial charge in [0.05, 0.1) is 12.7 Å². The first-order valence-corrected chi connectivity index (χ1v) is 5.98. The lowest BCUT2D eigenvalue weighted by molar-refractivity contribution is 0.288. The zero-order chi connectivity index (χ0) is 14.4. The van der Waals surface area contributed by atoms with Gasteiger partial charge in [0.2, 0.25) is 0 Å². The molecule has 6 nitrogen and oxygen atoms in total. The molecule has 1 aromatic heterocycles. The first-order valence-electron chi connectivity index (χ1n) is 5.98. The van der Waals surface area contributed by atoms with Gasteiger partial charge in [0, 0.05) is 7.05 Å². The molecule has 0 amide bonds. The standard InChI is InChI=1S/C14H15N3O3/c1-17-14(15-10-16-17)9-20-13-6-5-12(19-2)8-11(13)4-3-7-18/h5-6,8,10,18H,7,9H2,1-2H3. The fraction of sp³-hybridized carbons (Fsp3) is 0.286. The van der Waals surface area contributed by atoms with Gasteiger partial charge in [-0.2, -0.15) is 5.10 Å². The summed E-state index contributed by atoms with van der Waals surface area (Å²) in [7, 11) is 3.38. The molecule has 0 unspecified atom stereocenters. The number of hydrogen-bond donors (Lipinski definition) is 1. The highest BCUT2D eigenvalue weighted by atomic mass is 16.5. The molecule has 0 radical (unpaired) electrons. The van der Waals surface area contributed by atoms with Crippen LogP contribution in [0.25, 0.3) is 0 Å². The van der Waals surface area contributed by atoms with Crippen LogP contribution >= 0.6 is 0 Å². The summed E-state index contributed by atoms with van der Waals surface area (Å²) < 4.78 is 12.5. The van der Waals surface area contributed by atoms with Gasteiger partial charge in [0.1, 0.15) is 31.0 Å². The van der Waals surface area contributed by atoms with Crippen molar-refractivity contribution in [3.8, 4) is 23.3 Å². The zero-order valence-corrected chi connectivity index (χ0v) is 11.3. The normalized spacial score (nSPS) is 9.75. The van der Waals surface area contributed by atoms with Gasteiger partial charge in [0.15, 0.2) is 5.82 Å². The van der Waals surface area contributed by atoms with Crippen LogP contribution in [0.3, 0.4) is 0 Å². The van der Waals surface area contributed by atoms with E-state index >= 15 is 0 Å². The van der Waals surface area contributed by atoms with Crippen molar-refractivity contribution >= 4 is 0 Å². The maximum absolute atomic E-state index is 8.79. The third-order valence-corrected chi connectivity index (χ3v) is 2.65. The molecule has 0 aliphatic rings. The second kappa shape index (κ2) is 6.59. The van der Waals surface area contributed by atoms with Gasteiger partial charge in [-0.25, -0.2) is 4.98 Å². The third kappa shape index (κ3) is 3.28. The molecule has 1 N–H and O–H groups in total. The predicted molar refractivity (Wildman–Crippen MR) is 72.3 cm³/mol. The van der Waals surface area contributed by atoms with E-state index in [2.05, 4.69) is 21.9 Å². The first-order chi connectivity index (χ1) is 9.74. The van der Waals surface area contributed by atoms with E-state index in [4.69, 9.17) is 14.6 Å². The molecule has 1 heterocycles. The fourth-order valence-electron chi connectivity index (χ4n) is 1.59. The number of rotatable bonds is 4. The molecular weight excluding hydrogens is 258 g/mol. The molecule has 0 saturated carbocycles. The summed E-state index contributed by atoms with van der Waals surface area (Å²) in [5.74, 6) is 7.43. The third-order valence-electron chi connectivity index (χ3n) is 2.65. The van der Waals surface area contributed by atoms with Gasteiger partial charge in [-0.1, -0.05) is 11.8 Å². The van der Waals surface area contributed by atoms with Gasteiger partial charge in [-0.3, -0.25) is 4.68 Å². The van der Waals surface area contributed by atoms with Crippen molar-refractivity contribution in [2.75, 3.05) is 13.7 Å². The van der Waals surface area contributed by atoms with E-state index in [0.29, 0.717) is 22.9 Å². The predicted octanol–water partition coefficient (Wildman–Crippen LogP) is 0.746. The first kappa shape index (κ1) is 13.9. The van der Waals surface area contributed by atoms with Crippen LogP contribution in [0.1, 0.15) is 11.4 Å². The van der Waals surface area contributed by atoms with E-state index < -0.39 is 0 Å². The van der Waals surface area contributed by atoms with E-state index in [1.807, 2.05) is 0 Å². The Bertz CT molecular complexity index is 641. The molecule has 1 aromatic carbocycles. The average Bonchev–Trinajstić information content (AvgIpc) is 2.88. The van der Waals surface area contributed by atoms with Crippen molar-refractivity contribution in [1.82, 2.24) is 14.8 Å². The van der Waals surface area contributed by atoms with Crippen molar-refractivity contribution in [2.45, 2.75) is 6.61 Å². The Hall–Kier alpha value is -2.52. The van der Waals surface area contributed by atoms with Gasteiger partial charge >= 0.3 is 0 Å². The number of benzene rings is 1. The summed E-state index contributed by atoms with van der Waals surface area (Å²) in [6.07, 6.45) is 1.47. The summed E-state index contributed by atoms with van der Waals surface area (Å²) in [6.45, 7) is 0.0799. The average molecular weight is 273 g/mol. The number of methoxy groups -OCH3 is 1. The molecule has 104 valence electrons. The van der Waals surface area contributed by atoms with Crippen molar-refractivity contribution in [2.24, 2.45) is 7.05 Å². The smallest absolute Gasteiger partial charge is 0.164 e. The Labute approximate surface area is 117 Å². The Morgan fingerprint density at radius 1 is 1.40 bits per heavy atom. The number of aliphatic hydroxyl groups is 1. The molecule has 2 aromatic rings. The van der Waals surface area contributed by atoms with E-state index in [1.54, 1.807) is 37.0 Å². The summed E-state index contributed by atoms with van der Waals surface area (Å²) >= 11 is 0. The molecule has 20 heavy (non-hydrogen) atoms. The number of aryl methyl sites for hydroxylation is 1. The second-order valence-electron chi connectivity index (χ2n) is 3.91. The maximum atomic E-state index is 8.79. The highest BCUT2D eigenvalue weighted by Gasteiger charge is 2.06. The van der Waals surface area contributed by atoms with Crippen molar-refractivity contribution < 1.29 is 14.6 Å². The summed E-state index contributed by atoms with van der Waals surface area (Å²) in [5.41, 5.74) is 0.653. The lowest BCUT2D eigenvalue weighted by Crippen LogP contribution is -2.05. The number of hydrogen-bond acceptors (Lipinski definition) is 5. The zero-order valence-electron chi connectivity index (χ0n) is 11.3. The van der Waals surface area contributed by atoms with Gasteiger partial charge in [0.25, 0.3) is 0 Å². The quantitative estimate of drug-likeness (QED) is 0.832. The SMILES string of the molecule is COc1ccc(OCc2ncnn2C)c(C#CCO)c1. The highest BCUT2D eigenvalue weighted by Crippen LogP contribution is 2.24. The van der Waals surface area contributed by atoms with Gasteiger partial charge in [-0.15, -0.1) is 0 Å². The molecule has 0 aliphatic heterocycles. The molecule has 6 heteroatoms. The Morgan fingerprint density at radius 2 is 2.25 bits per heavy atom. The lowest BCUT2D eigenvalue weighted by atomic mass is 10.2. The largest absolute Gasteiger partial charge is 0.497 e. The number of ether oxygens (including phenoxy) is 2. The van der Waals surface area contributed by atoms with Crippen LogP contribution in [0.15, 0.2) is 24.5 Å². The fourth-order valence-corrected chi connectivity index (χ4v) is 1.59. The topological polar surface area (TPSA) is 69.4 Å². The van der Waals surface area contributed by atoms with Crippen LogP contribution in [0, 0.1) is 11.8 Å². The van der Waals surface area contributed by atoms with Gasteiger partial charge < -0.3 is 14.6 Å². The van der Waals surface area contributed by atoms with E-state index in [1.165, 1.54) is 6.33 Å². The van der Waals surface area contributed by atoms with E-state index in [-0.39, 0.29) is 13.2 Å². The molecule has 0 fully saturated rings. The molecule has 0 saturated heterocycles. The minimum atomic E-state index is -0.208. The van der Waals surface area contributed by atoms with Crippen LogP contribution in [-0.2, 0) is 13.7 Å². The van der Waals surface area contributed by atoms with E-state index in [9.17, 15) is 0 Å². The minimum absolute atomic E-state index is 0.208. The van der Waals surface area contributed by atoms with Crippen molar-refractivity contribution in [3.63, 3.8) is 0 Å². The molecular formula is C14H15N3O3. The van der Waals surface area contributed by atoms with Crippen LogP contribution in [0.4, 0.5) is 0 Å². The second-order valence-corrected chi connectivity index (χ2v) is 3.91. The minimum Gasteiger partial charge on any atom is -0.497 e. The molecule has 0 atom stereocenters. The van der Waals surface area contributed by atoms with Crippen LogP contribution in [0.2, 0.25) is 0 Å². The van der Waals surface area contributed by atoms with Crippen molar-refractivity contribution in [1.29, 1.82) is 0 Å². The van der Waals surface area contributed by atoms with E-state index in [0.717, 1.165) is 0 Å². The number of nitrogens with zero attached hydrogens (tertiary/aromatic N) is 3. The van der Waals surface area contributed by atoms with Crippen molar-refractivity contribution in [3.05, 3.63) is 35.9 Å². The maximum Gasteiger partial charge on any atom is 0.164 e. The van der Waals surface area contributed by atoms with Crippen LogP contribution in [0.5, 0.6) is 11.5 Å². The van der Waals surface area contributed by atoms with Gasteiger partial charge in [-0.05, 0) is 18.2 Å². The number of aromatic nitrogens is 3. The van der Waals surface area contributed by atoms with Crippen LogP contribution in [-0.4, -0.2) is 33.6 Å². The Morgan fingerprint density at radius 3 is 2.90 bits per heavy atom. The Balaban J connectivity index is 2.19. The lowest BCUT2D eigenvalue weighted by Gasteiger charge is -2.09. The van der Waals surface area contributed by atoms with Crippen LogP contribution < -0.4 is 9.47 Å². The monoisotopic (exact) mass is 273 g/mol.